The van der Waals surface area contributed by atoms with E-state index in [-0.39, 0.29) is 36.8 Å². The first-order valence-electron chi connectivity index (χ1n) is 12.6. The molecule has 3 N–H and O–H groups in total. The topological polar surface area (TPSA) is 150 Å². The minimum Gasteiger partial charge on any atom is -0.493 e. The molecule has 1 aliphatic rings. The molecule has 3 heterocycles. The number of aliphatic hydroxyl groups is 2. The zero-order chi connectivity index (χ0) is 29.1. The number of likely N-dealkylation sites (tertiary alicyclic amines) is 1. The van der Waals surface area contributed by atoms with Crippen LogP contribution in [0, 0.1) is 18.3 Å². The molecule has 0 unspecified atom stereocenters. The Morgan fingerprint density at radius 2 is 1.95 bits per heavy atom. The highest BCUT2D eigenvalue weighted by Crippen LogP contribution is 2.39. The molecule has 0 saturated carbocycles. The first kappa shape index (κ1) is 27.9. The summed E-state index contributed by atoms with van der Waals surface area (Å²) in [4.78, 5) is 22.5. The zero-order valence-electron chi connectivity index (χ0n) is 22.2. The Bertz CT molecular complexity index is 1650. The van der Waals surface area contributed by atoms with Crippen LogP contribution in [0.5, 0.6) is 17.2 Å². The number of amides is 1. The number of nitrogens with one attached hydrogen (secondary N) is 1. The third-order valence-corrected chi connectivity index (χ3v) is 6.99. The van der Waals surface area contributed by atoms with Crippen molar-refractivity contribution in [1.82, 2.24) is 14.9 Å². The van der Waals surface area contributed by atoms with Gasteiger partial charge in [0.05, 0.1) is 65.6 Å². The van der Waals surface area contributed by atoms with E-state index in [9.17, 15) is 20.3 Å². The Labute approximate surface area is 240 Å². The van der Waals surface area contributed by atoms with Crippen molar-refractivity contribution >= 4 is 40.0 Å². The first-order valence-corrected chi connectivity index (χ1v) is 13.0. The molecule has 2 aromatic carbocycles. The number of ether oxygens (including phenoxy) is 3. The van der Waals surface area contributed by atoms with Gasteiger partial charge in [-0.15, -0.1) is 0 Å². The predicted molar refractivity (Wildman–Crippen MR) is 151 cm³/mol. The van der Waals surface area contributed by atoms with Crippen LogP contribution in [0.1, 0.15) is 16.8 Å². The Morgan fingerprint density at radius 1 is 1.17 bits per heavy atom. The van der Waals surface area contributed by atoms with Gasteiger partial charge in [-0.1, -0.05) is 17.7 Å². The van der Waals surface area contributed by atoms with Crippen molar-refractivity contribution in [3.05, 3.63) is 76.7 Å². The number of nitriles is 1. The van der Waals surface area contributed by atoms with Crippen molar-refractivity contribution in [2.45, 2.75) is 25.7 Å². The van der Waals surface area contributed by atoms with Crippen LogP contribution in [0.3, 0.4) is 0 Å². The number of carbonyl (C=O) groups excluding carboxylic acids is 1. The van der Waals surface area contributed by atoms with Crippen LogP contribution < -0.4 is 19.5 Å². The normalized spacial score (nSPS) is 16.3. The largest absolute Gasteiger partial charge is 0.493 e. The van der Waals surface area contributed by atoms with E-state index in [0.29, 0.717) is 33.0 Å². The van der Waals surface area contributed by atoms with Crippen molar-refractivity contribution < 1.29 is 29.2 Å². The highest BCUT2D eigenvalue weighted by Gasteiger charge is 2.34. The second-order valence-electron chi connectivity index (χ2n) is 9.41. The summed E-state index contributed by atoms with van der Waals surface area (Å²) in [7, 11) is 1.42. The summed E-state index contributed by atoms with van der Waals surface area (Å²) in [5.74, 6) is 0.856. The molecule has 5 rings (SSSR count). The average Bonchev–Trinajstić information content (AvgIpc) is 3.31. The molecular weight excluding hydrogens is 550 g/mol. The van der Waals surface area contributed by atoms with E-state index < -0.39 is 18.3 Å². The zero-order valence-corrected chi connectivity index (χ0v) is 22.9. The van der Waals surface area contributed by atoms with Crippen molar-refractivity contribution in [3.63, 3.8) is 0 Å². The summed E-state index contributed by atoms with van der Waals surface area (Å²) >= 11 is 6.58. The van der Waals surface area contributed by atoms with E-state index >= 15 is 0 Å². The minimum absolute atomic E-state index is 0.0544. The Hall–Kier alpha value is -4.63. The van der Waals surface area contributed by atoms with Gasteiger partial charge >= 0.3 is 6.09 Å². The van der Waals surface area contributed by atoms with Crippen LogP contribution in [0.25, 0.3) is 10.9 Å². The molecule has 0 bridgehead atoms. The molecule has 2 aromatic heterocycles. The molecule has 0 spiro atoms. The van der Waals surface area contributed by atoms with Crippen LogP contribution in [-0.4, -0.2) is 63.6 Å². The fraction of sp³-hybridized carbons (Fsp3) is 0.241. The molecular formula is C29H26ClN5O6. The number of aliphatic hydroxyl groups excluding tert-OH is 2. The summed E-state index contributed by atoms with van der Waals surface area (Å²) in [5, 5.41) is 33.4. The van der Waals surface area contributed by atoms with Crippen molar-refractivity contribution in [1.29, 1.82) is 5.26 Å². The second-order valence-corrected chi connectivity index (χ2v) is 9.82. The average molecular weight is 576 g/mol. The highest BCUT2D eigenvalue weighted by molar-refractivity contribution is 6.33. The second kappa shape index (κ2) is 11.9. The summed E-state index contributed by atoms with van der Waals surface area (Å²) in [5.41, 5.74) is 3.47. The summed E-state index contributed by atoms with van der Waals surface area (Å²) in [6, 6.07) is 14.2. The van der Waals surface area contributed by atoms with E-state index in [1.54, 1.807) is 30.5 Å². The molecule has 1 aliphatic heterocycles. The van der Waals surface area contributed by atoms with Crippen LogP contribution in [0.15, 0.2) is 54.9 Å². The third kappa shape index (κ3) is 5.95. The number of fused-ring (bicyclic) bond motifs is 1. The van der Waals surface area contributed by atoms with Gasteiger partial charge in [-0.05, 0) is 36.8 Å². The van der Waals surface area contributed by atoms with E-state index in [1.807, 2.05) is 19.1 Å². The molecule has 0 aliphatic carbocycles. The van der Waals surface area contributed by atoms with E-state index in [1.165, 1.54) is 24.3 Å². The third-order valence-electron chi connectivity index (χ3n) is 6.68. The van der Waals surface area contributed by atoms with Gasteiger partial charge in [0, 0.05) is 29.9 Å². The fourth-order valence-electron chi connectivity index (χ4n) is 4.38. The summed E-state index contributed by atoms with van der Waals surface area (Å²) in [6.07, 6.45) is 0.272. The SMILES string of the molecule is COc1cc2c(Nc3ccc(OCc4ncccc4C)cc3Cl)c(C#N)cnc2cc1OC(=O)N1C[C@H](O)[C@@H](O)C1. The first-order chi connectivity index (χ1) is 19.8. The number of aromatic nitrogens is 2. The van der Waals surface area contributed by atoms with E-state index in [2.05, 4.69) is 21.4 Å². The molecule has 11 nitrogen and oxygen atoms in total. The number of halogens is 1. The number of hydrogen-bond acceptors (Lipinski definition) is 10. The lowest BCUT2D eigenvalue weighted by Crippen LogP contribution is -2.32. The van der Waals surface area contributed by atoms with Crippen LogP contribution in [-0.2, 0) is 6.61 Å². The number of hydrogen-bond donors (Lipinski definition) is 3. The smallest absolute Gasteiger partial charge is 0.415 e. The molecule has 41 heavy (non-hydrogen) atoms. The van der Waals surface area contributed by atoms with Gasteiger partial charge in [0.25, 0.3) is 0 Å². The number of pyridine rings is 2. The number of β-amino-alcohol motifs (C(OH)–C–C–N with tert-alkyl or cyclic N) is 2. The lowest BCUT2D eigenvalue weighted by Gasteiger charge is -2.18. The maximum atomic E-state index is 12.6. The fourth-order valence-corrected chi connectivity index (χ4v) is 4.60. The molecule has 1 fully saturated rings. The predicted octanol–water partition coefficient (Wildman–Crippen LogP) is 4.33. The lowest BCUT2D eigenvalue weighted by atomic mass is 10.1. The number of carbonyl (C=O) groups is 1. The maximum absolute atomic E-state index is 12.6. The van der Waals surface area contributed by atoms with Gasteiger partial charge in [-0.2, -0.15) is 5.26 Å². The van der Waals surface area contributed by atoms with Crippen LogP contribution in [0.4, 0.5) is 16.2 Å². The quantitative estimate of drug-likeness (QED) is 0.290. The highest BCUT2D eigenvalue weighted by atomic mass is 35.5. The van der Waals surface area contributed by atoms with Gasteiger partial charge in [0.15, 0.2) is 11.5 Å². The minimum atomic E-state index is -1.04. The monoisotopic (exact) mass is 575 g/mol. The van der Waals surface area contributed by atoms with Crippen molar-refractivity contribution in [3.8, 4) is 23.3 Å². The molecule has 1 saturated heterocycles. The number of rotatable bonds is 7. The molecule has 4 aromatic rings. The Balaban J connectivity index is 1.41. The van der Waals surface area contributed by atoms with Gasteiger partial charge in [0.2, 0.25) is 0 Å². The van der Waals surface area contributed by atoms with Crippen molar-refractivity contribution in [2.75, 3.05) is 25.5 Å². The van der Waals surface area contributed by atoms with Gasteiger partial charge < -0.3 is 34.6 Å². The standard InChI is InChI=1S/C29H26ClN5O6/c1-16-4-3-7-32-23(16)15-40-18-5-6-21(20(30)8-18)34-28-17(11-31)12-33-22-10-27(26(39-2)9-19(22)28)41-29(38)35-13-24(36)25(37)14-35/h3-10,12,24-25,36-37H,13-15H2,1-2H3,(H,33,34)/t24-,25-/m0/s1. The van der Waals surface area contributed by atoms with Crippen molar-refractivity contribution in [2.24, 2.45) is 0 Å². The molecule has 0 radical (unpaired) electrons. The Kier molecular flexibility index (Phi) is 8.07. The van der Waals surface area contributed by atoms with Crippen LogP contribution >= 0.6 is 11.6 Å². The summed E-state index contributed by atoms with van der Waals surface area (Å²) < 4.78 is 16.8. The number of aryl methyl sites for hydroxylation is 1. The maximum Gasteiger partial charge on any atom is 0.415 e. The van der Waals surface area contributed by atoms with E-state index in [0.717, 1.165) is 11.3 Å². The molecule has 1 amide bonds. The van der Waals surface area contributed by atoms with Gasteiger partial charge in [-0.25, -0.2) is 4.79 Å². The molecule has 12 heteroatoms. The number of nitrogens with zero attached hydrogens (tertiary/aromatic N) is 4. The lowest BCUT2D eigenvalue weighted by molar-refractivity contribution is 0.0572. The van der Waals surface area contributed by atoms with Crippen LogP contribution in [0.2, 0.25) is 5.02 Å². The van der Waals surface area contributed by atoms with E-state index in [4.69, 9.17) is 25.8 Å². The summed E-state index contributed by atoms with van der Waals surface area (Å²) in [6.45, 7) is 2.14. The number of anilines is 2. The Morgan fingerprint density at radius 3 is 2.63 bits per heavy atom. The molecule has 210 valence electrons. The number of benzene rings is 2. The van der Waals surface area contributed by atoms with Gasteiger partial charge in [0.1, 0.15) is 18.4 Å². The molecule has 2 atom stereocenters. The number of methoxy groups -OCH3 is 1. The van der Waals surface area contributed by atoms with Gasteiger partial charge in [-0.3, -0.25) is 9.97 Å².